The minimum atomic E-state index is -3.39. The average molecular weight is 433 g/mol. The SMILES string of the molecule is COc1ccccc1-n1nc2c(c1-c1ccc(Cl)nc1)CN(S(=O)(=O)C(C)C)C2. The molecule has 2 aromatic heterocycles. The number of pyridine rings is 1. The molecule has 9 heteroatoms. The molecule has 4 rings (SSSR count). The maximum Gasteiger partial charge on any atom is 0.217 e. The van der Waals surface area contributed by atoms with Gasteiger partial charge < -0.3 is 4.74 Å². The van der Waals surface area contributed by atoms with E-state index in [0.29, 0.717) is 10.9 Å². The summed E-state index contributed by atoms with van der Waals surface area (Å²) in [5, 5.41) is 4.66. The fourth-order valence-electron chi connectivity index (χ4n) is 3.46. The first-order chi connectivity index (χ1) is 13.8. The summed E-state index contributed by atoms with van der Waals surface area (Å²) in [4.78, 5) is 4.20. The molecule has 1 aromatic carbocycles. The number of hydrogen-bond acceptors (Lipinski definition) is 5. The van der Waals surface area contributed by atoms with Gasteiger partial charge in [-0.3, -0.25) is 0 Å². The van der Waals surface area contributed by atoms with E-state index in [2.05, 4.69) is 4.98 Å². The van der Waals surface area contributed by atoms with E-state index in [-0.39, 0.29) is 13.1 Å². The van der Waals surface area contributed by atoms with E-state index in [1.165, 1.54) is 4.31 Å². The largest absolute Gasteiger partial charge is 0.494 e. The molecule has 0 saturated carbocycles. The third-order valence-electron chi connectivity index (χ3n) is 5.00. The van der Waals surface area contributed by atoms with Gasteiger partial charge in [-0.2, -0.15) is 9.40 Å². The number of rotatable bonds is 5. The molecule has 0 radical (unpaired) electrons. The Morgan fingerprint density at radius 1 is 1.14 bits per heavy atom. The van der Waals surface area contributed by atoms with Crippen LogP contribution in [0.2, 0.25) is 5.15 Å². The molecule has 0 amide bonds. The summed E-state index contributed by atoms with van der Waals surface area (Å²) in [6.07, 6.45) is 1.67. The molecule has 0 saturated heterocycles. The van der Waals surface area contributed by atoms with Crippen LogP contribution in [0.3, 0.4) is 0 Å². The van der Waals surface area contributed by atoms with Crippen molar-refractivity contribution in [1.29, 1.82) is 0 Å². The highest BCUT2D eigenvalue weighted by molar-refractivity contribution is 7.89. The molecule has 0 N–H and O–H groups in total. The van der Waals surface area contributed by atoms with Gasteiger partial charge in [-0.1, -0.05) is 23.7 Å². The first-order valence-corrected chi connectivity index (χ1v) is 11.1. The lowest BCUT2D eigenvalue weighted by molar-refractivity contribution is 0.409. The molecule has 0 unspecified atom stereocenters. The van der Waals surface area contributed by atoms with Crippen molar-refractivity contribution in [1.82, 2.24) is 19.1 Å². The van der Waals surface area contributed by atoms with Crippen molar-refractivity contribution < 1.29 is 13.2 Å². The fourth-order valence-corrected chi connectivity index (χ4v) is 4.78. The van der Waals surface area contributed by atoms with Crippen LogP contribution in [0, 0.1) is 0 Å². The summed E-state index contributed by atoms with van der Waals surface area (Å²) < 4.78 is 34.2. The molecule has 1 aliphatic rings. The van der Waals surface area contributed by atoms with Crippen LogP contribution in [0.1, 0.15) is 25.1 Å². The van der Waals surface area contributed by atoms with Crippen molar-refractivity contribution in [2.45, 2.75) is 32.2 Å². The maximum atomic E-state index is 12.7. The molecule has 3 heterocycles. The molecule has 0 spiro atoms. The summed E-state index contributed by atoms with van der Waals surface area (Å²) >= 11 is 5.97. The predicted octanol–water partition coefficient (Wildman–Crippen LogP) is 3.65. The standard InChI is InChI=1S/C20H21ClN4O3S/c1-13(2)29(26,27)24-11-15-16(12-24)23-25(17-6-4-5-7-18(17)28-3)20(15)14-8-9-19(21)22-10-14/h4-10,13H,11-12H2,1-3H3. The Morgan fingerprint density at radius 2 is 1.90 bits per heavy atom. The van der Waals surface area contributed by atoms with Crippen molar-refractivity contribution in [2.75, 3.05) is 7.11 Å². The molecule has 0 atom stereocenters. The number of ether oxygens (including phenoxy) is 1. The van der Waals surface area contributed by atoms with Crippen molar-refractivity contribution >= 4 is 21.6 Å². The zero-order valence-electron chi connectivity index (χ0n) is 16.3. The van der Waals surface area contributed by atoms with Gasteiger partial charge in [0.1, 0.15) is 16.6 Å². The summed E-state index contributed by atoms with van der Waals surface area (Å²) in [5.41, 5.74) is 3.95. The van der Waals surface area contributed by atoms with E-state index in [1.54, 1.807) is 37.9 Å². The second-order valence-electron chi connectivity index (χ2n) is 7.09. The summed E-state index contributed by atoms with van der Waals surface area (Å²) in [6.45, 7) is 3.88. The second-order valence-corrected chi connectivity index (χ2v) is 9.97. The summed E-state index contributed by atoms with van der Waals surface area (Å²) in [5.74, 6) is 0.670. The van der Waals surface area contributed by atoms with Crippen molar-refractivity contribution in [3.8, 4) is 22.7 Å². The minimum Gasteiger partial charge on any atom is -0.494 e. The molecule has 0 fully saturated rings. The van der Waals surface area contributed by atoms with Gasteiger partial charge >= 0.3 is 0 Å². The van der Waals surface area contributed by atoms with Crippen LogP contribution in [-0.4, -0.2) is 39.8 Å². The van der Waals surface area contributed by atoms with Crippen LogP contribution in [0.25, 0.3) is 16.9 Å². The van der Waals surface area contributed by atoms with E-state index < -0.39 is 15.3 Å². The Kier molecular flexibility index (Phi) is 5.10. The van der Waals surface area contributed by atoms with Crippen LogP contribution in [0.15, 0.2) is 42.6 Å². The zero-order valence-corrected chi connectivity index (χ0v) is 17.9. The van der Waals surface area contributed by atoms with E-state index >= 15 is 0 Å². The number of hydrogen-bond donors (Lipinski definition) is 0. The molecule has 0 aliphatic carbocycles. The Bertz CT molecular complexity index is 1160. The average Bonchev–Trinajstić information content (AvgIpc) is 3.27. The van der Waals surface area contributed by atoms with E-state index in [0.717, 1.165) is 28.2 Å². The van der Waals surface area contributed by atoms with Crippen LogP contribution in [0.4, 0.5) is 0 Å². The smallest absolute Gasteiger partial charge is 0.217 e. The number of benzene rings is 1. The lowest BCUT2D eigenvalue weighted by atomic mass is 10.1. The van der Waals surface area contributed by atoms with Gasteiger partial charge in [-0.25, -0.2) is 18.1 Å². The Morgan fingerprint density at radius 3 is 2.55 bits per heavy atom. The van der Waals surface area contributed by atoms with Gasteiger partial charge in [0.15, 0.2) is 0 Å². The molecule has 3 aromatic rings. The Hall–Kier alpha value is -2.42. The lowest BCUT2D eigenvalue weighted by Crippen LogP contribution is -2.32. The number of nitrogens with zero attached hydrogens (tertiary/aromatic N) is 4. The minimum absolute atomic E-state index is 0.242. The number of methoxy groups -OCH3 is 1. The number of aromatic nitrogens is 3. The number of para-hydroxylation sites is 2. The monoisotopic (exact) mass is 432 g/mol. The first-order valence-electron chi connectivity index (χ1n) is 9.18. The lowest BCUT2D eigenvalue weighted by Gasteiger charge is -2.19. The molecule has 1 aliphatic heterocycles. The van der Waals surface area contributed by atoms with Gasteiger partial charge in [0.2, 0.25) is 10.0 Å². The fraction of sp³-hybridized carbons (Fsp3) is 0.300. The molecular formula is C20H21ClN4O3S. The number of sulfonamides is 1. The van der Waals surface area contributed by atoms with Gasteiger partial charge in [0.05, 0.1) is 30.3 Å². The van der Waals surface area contributed by atoms with Crippen molar-refractivity contribution in [2.24, 2.45) is 0 Å². The highest BCUT2D eigenvalue weighted by Crippen LogP contribution is 2.37. The zero-order chi connectivity index (χ0) is 20.8. The predicted molar refractivity (Wildman–Crippen MR) is 112 cm³/mol. The highest BCUT2D eigenvalue weighted by Gasteiger charge is 2.36. The second kappa shape index (κ2) is 7.44. The number of halogens is 1. The Labute approximate surface area is 174 Å². The number of fused-ring (bicyclic) bond motifs is 1. The van der Waals surface area contributed by atoms with Gasteiger partial charge in [-0.05, 0) is 38.1 Å². The normalized spacial score (nSPS) is 14.4. The van der Waals surface area contributed by atoms with Crippen molar-refractivity contribution in [3.05, 3.63) is 59.0 Å². The third kappa shape index (κ3) is 3.41. The molecule has 152 valence electrons. The first kappa shape index (κ1) is 19.9. The molecular weight excluding hydrogens is 412 g/mol. The van der Waals surface area contributed by atoms with Crippen LogP contribution in [-0.2, 0) is 23.1 Å². The molecule has 7 nitrogen and oxygen atoms in total. The highest BCUT2D eigenvalue weighted by atomic mass is 35.5. The summed E-state index contributed by atoms with van der Waals surface area (Å²) in [6, 6.07) is 11.1. The van der Waals surface area contributed by atoms with Crippen LogP contribution >= 0.6 is 11.6 Å². The van der Waals surface area contributed by atoms with Gasteiger partial charge in [0.25, 0.3) is 0 Å². The Balaban J connectivity index is 1.89. The van der Waals surface area contributed by atoms with Crippen LogP contribution in [0.5, 0.6) is 5.75 Å². The summed E-state index contributed by atoms with van der Waals surface area (Å²) in [7, 11) is -1.78. The van der Waals surface area contributed by atoms with Gasteiger partial charge in [0, 0.05) is 23.9 Å². The van der Waals surface area contributed by atoms with Crippen LogP contribution < -0.4 is 4.74 Å². The van der Waals surface area contributed by atoms with E-state index in [4.69, 9.17) is 21.4 Å². The molecule has 29 heavy (non-hydrogen) atoms. The topological polar surface area (TPSA) is 77.3 Å². The van der Waals surface area contributed by atoms with Crippen molar-refractivity contribution in [3.63, 3.8) is 0 Å². The van der Waals surface area contributed by atoms with E-state index in [9.17, 15) is 8.42 Å². The molecule has 0 bridgehead atoms. The van der Waals surface area contributed by atoms with E-state index in [1.807, 2.05) is 30.3 Å². The maximum absolute atomic E-state index is 12.7. The third-order valence-corrected chi connectivity index (χ3v) is 7.39. The van der Waals surface area contributed by atoms with Gasteiger partial charge in [-0.15, -0.1) is 0 Å². The quantitative estimate of drug-likeness (QED) is 0.575.